The van der Waals surface area contributed by atoms with Crippen LogP contribution in [0.3, 0.4) is 0 Å². The number of halogens is 2. The zero-order valence-electron chi connectivity index (χ0n) is 30.4. The molecule has 0 saturated carbocycles. The summed E-state index contributed by atoms with van der Waals surface area (Å²) in [6.45, 7) is 18.2. The van der Waals surface area contributed by atoms with Gasteiger partial charge in [0.15, 0.2) is 0 Å². The average Bonchev–Trinajstić information content (AvgIpc) is 3.30. The number of rotatable bonds is 8. The van der Waals surface area contributed by atoms with Crippen molar-refractivity contribution >= 4 is 41.1 Å². The van der Waals surface area contributed by atoms with Gasteiger partial charge in [-0.25, -0.2) is 0 Å². The number of methoxy groups -OCH3 is 2. The maximum absolute atomic E-state index is 9.96. The van der Waals surface area contributed by atoms with Crippen LogP contribution in [0.4, 0.5) is 4.39 Å². The molecule has 0 unspecified atom stereocenters. The Bertz CT molecular complexity index is 1050. The molecule has 0 aliphatic carbocycles. The second-order valence-corrected chi connectivity index (χ2v) is 12.7. The quantitative estimate of drug-likeness (QED) is 0.256. The van der Waals surface area contributed by atoms with Gasteiger partial charge in [0.2, 0.25) is 0 Å². The number of benzene rings is 2. The maximum atomic E-state index is 9.96. The van der Waals surface area contributed by atoms with E-state index in [0.717, 1.165) is 28.6 Å². The summed E-state index contributed by atoms with van der Waals surface area (Å²) in [6, 6.07) is 14.7. The van der Waals surface area contributed by atoms with Crippen LogP contribution in [0, 0.1) is 0 Å². The fourth-order valence-electron chi connectivity index (χ4n) is 3.63. The third kappa shape index (κ3) is 12.9. The number of ether oxygens (including phenoxy) is 3. The number of hydrogen-bond acceptors (Lipinski definition) is 8. The van der Waals surface area contributed by atoms with Crippen LogP contribution in [0.5, 0.6) is 11.5 Å². The van der Waals surface area contributed by atoms with Gasteiger partial charge in [-0.05, 0) is 90.6 Å². The molecular weight excluding hydrogens is 644 g/mol. The predicted molar refractivity (Wildman–Crippen MR) is 177 cm³/mol. The molecule has 8 nitrogen and oxygen atoms in total. The molecule has 2 aliphatic heterocycles. The fourth-order valence-corrected chi connectivity index (χ4v) is 3.95. The van der Waals surface area contributed by atoms with Gasteiger partial charge >= 0.3 is 43.8 Å². The summed E-state index contributed by atoms with van der Waals surface area (Å²) in [5, 5.41) is 10.2. The van der Waals surface area contributed by atoms with Crippen molar-refractivity contribution < 1.29 is 74.7 Å². The minimum absolute atomic E-state index is 0. The predicted octanol–water partition coefficient (Wildman–Crippen LogP) is 2.43. The van der Waals surface area contributed by atoms with Gasteiger partial charge in [-0.15, -0.1) is 0 Å². The summed E-state index contributed by atoms with van der Waals surface area (Å²) in [7, 11) is 1.66. The van der Waals surface area contributed by atoms with E-state index < -0.39 is 7.15 Å². The van der Waals surface area contributed by atoms with E-state index in [-0.39, 0.29) is 73.4 Å². The van der Waals surface area contributed by atoms with Crippen LogP contribution in [-0.4, -0.2) is 88.3 Å². The van der Waals surface area contributed by atoms with Crippen molar-refractivity contribution in [3.63, 3.8) is 0 Å². The van der Waals surface area contributed by atoms with E-state index in [1.165, 1.54) is 0 Å². The molecule has 2 heterocycles. The Morgan fingerprint density at radius 2 is 1.07 bits per heavy atom. The first-order valence-corrected chi connectivity index (χ1v) is 15.2. The van der Waals surface area contributed by atoms with E-state index in [1.807, 2.05) is 64.1 Å². The second-order valence-electron chi connectivity index (χ2n) is 11.9. The van der Waals surface area contributed by atoms with Crippen LogP contribution in [0.2, 0.25) is 0 Å². The molecule has 244 valence electrons. The smallest absolute Gasteiger partial charge is 1.00 e. The van der Waals surface area contributed by atoms with E-state index in [9.17, 15) is 9.50 Å². The number of aromatic hydroxyl groups is 1. The maximum Gasteiger partial charge on any atom is 1.00 e. The van der Waals surface area contributed by atoms with Crippen molar-refractivity contribution in [2.45, 2.75) is 77.8 Å². The van der Waals surface area contributed by atoms with Gasteiger partial charge in [-0.1, -0.05) is 40.2 Å². The van der Waals surface area contributed by atoms with Crippen LogP contribution >= 0.6 is 15.9 Å². The molecule has 0 aromatic heterocycles. The van der Waals surface area contributed by atoms with Gasteiger partial charge < -0.3 is 39.4 Å². The summed E-state index contributed by atoms with van der Waals surface area (Å²) in [5.41, 5.74) is 0.654. The molecule has 0 radical (unpaired) electrons. The molecule has 4 rings (SSSR count). The van der Waals surface area contributed by atoms with Crippen molar-refractivity contribution in [1.82, 2.24) is 0 Å². The largest absolute Gasteiger partial charge is 1.00 e. The monoisotopic (exact) mass is 695 g/mol. The van der Waals surface area contributed by atoms with E-state index in [2.05, 4.69) is 48.4 Å². The van der Waals surface area contributed by atoms with Crippen LogP contribution < -0.4 is 45.2 Å². The third-order valence-corrected chi connectivity index (χ3v) is 7.99. The number of phenolic OH excluding ortho intramolecular Hbond substituents is 1. The van der Waals surface area contributed by atoms with Crippen LogP contribution in [0.1, 0.15) is 58.2 Å². The summed E-state index contributed by atoms with van der Waals surface area (Å²) in [6.07, 6.45) is 0. The van der Waals surface area contributed by atoms with Gasteiger partial charge in [-0.2, -0.15) is 0 Å². The standard InChI is InChI=1S/C15H23BO4.C12H17BO3.C3H7BrO.CH3F.Na.H/c1-14(2)15(3,4)20-16(19-14)12-6-8-13(9-7-12)18-11-10-17-5;1-11(2)12(3,4)16-13(15-11)9-5-7-10(14)8-6-9;1-5-3-2-4;1-2;;/h6-9H,10-11H2,1-5H3;5-8,14H,1-4H3;2-3H2,1H3;1H3;;/q;;;;+1;-1/i;;;1D;;. The van der Waals surface area contributed by atoms with Gasteiger partial charge in [0.1, 0.15) is 18.1 Å². The first-order valence-electron chi connectivity index (χ1n) is 14.8. The van der Waals surface area contributed by atoms with E-state index in [4.69, 9.17) is 29.5 Å². The van der Waals surface area contributed by atoms with Gasteiger partial charge in [0.25, 0.3) is 0 Å². The molecule has 2 aromatic rings. The normalized spacial score (nSPS) is 18.7. The number of hydrogen-bond donors (Lipinski definition) is 1. The zero-order chi connectivity index (χ0) is 33.6. The minimum atomic E-state index is -1.00. The number of alkyl halides is 2. The van der Waals surface area contributed by atoms with E-state index in [1.54, 1.807) is 26.4 Å². The molecule has 2 aromatic carbocycles. The second kappa shape index (κ2) is 19.9. The Kier molecular flexibility index (Phi) is 18.7. The molecule has 2 fully saturated rings. The molecule has 0 spiro atoms. The first kappa shape index (κ1) is 41.4. The summed E-state index contributed by atoms with van der Waals surface area (Å²) < 4.78 is 54.4. The topological polar surface area (TPSA) is 84.8 Å². The summed E-state index contributed by atoms with van der Waals surface area (Å²) >= 11 is 3.18. The summed E-state index contributed by atoms with van der Waals surface area (Å²) in [5.74, 6) is 1.07. The molecule has 2 aliphatic rings. The molecule has 2 saturated heterocycles. The Morgan fingerprint density at radius 1 is 0.727 bits per heavy atom. The molecular formula is C31H51B2BrFNaO8. The Balaban J connectivity index is 0. The molecule has 44 heavy (non-hydrogen) atoms. The van der Waals surface area contributed by atoms with Gasteiger partial charge in [-0.3, -0.25) is 4.39 Å². The molecule has 0 bridgehead atoms. The van der Waals surface area contributed by atoms with Gasteiger partial charge in [0, 0.05) is 19.5 Å². The molecule has 1 N–H and O–H groups in total. The van der Waals surface area contributed by atoms with Gasteiger partial charge in [0.05, 0.1) is 44.1 Å². The van der Waals surface area contributed by atoms with Crippen molar-refractivity contribution in [2.24, 2.45) is 0 Å². The van der Waals surface area contributed by atoms with Crippen molar-refractivity contribution in [3.05, 3.63) is 48.5 Å². The van der Waals surface area contributed by atoms with Crippen LogP contribution in [0.25, 0.3) is 0 Å². The molecule has 0 atom stereocenters. The van der Waals surface area contributed by atoms with E-state index >= 15 is 0 Å². The Labute approximate surface area is 298 Å². The summed E-state index contributed by atoms with van der Waals surface area (Å²) in [4.78, 5) is 0. The zero-order valence-corrected chi connectivity index (χ0v) is 32.0. The van der Waals surface area contributed by atoms with Crippen LogP contribution in [-0.2, 0) is 28.1 Å². The Morgan fingerprint density at radius 3 is 1.36 bits per heavy atom. The molecule has 13 heteroatoms. The van der Waals surface area contributed by atoms with E-state index in [0.29, 0.717) is 13.2 Å². The SMILES string of the molecule is CC1(C)OB(c2ccc(O)cc2)OC1(C)C.COCCBr.COCCOc1ccc(B2OC(C)(C)C(C)(C)O2)cc1.[2H]CF.[H-].[Na+]. The first-order chi connectivity index (χ1) is 20.5. The number of phenols is 1. The van der Waals surface area contributed by atoms with Crippen LogP contribution in [0.15, 0.2) is 48.5 Å². The third-order valence-electron chi connectivity index (χ3n) is 7.66. The Hall–Kier alpha value is -0.660. The van der Waals surface area contributed by atoms with Crippen molar-refractivity contribution in [2.75, 3.05) is 46.5 Å². The van der Waals surface area contributed by atoms with Crippen molar-refractivity contribution in [1.29, 1.82) is 0 Å². The molecule has 0 amide bonds. The minimum Gasteiger partial charge on any atom is -1.00 e. The average molecular weight is 696 g/mol. The fraction of sp³-hybridized carbons (Fsp3) is 0.613. The van der Waals surface area contributed by atoms with Crippen molar-refractivity contribution in [3.8, 4) is 11.5 Å².